The molecular formula is C23H27ClF3N5O2S. The van der Waals surface area contributed by atoms with Crippen LogP contribution in [-0.2, 0) is 18.8 Å². The van der Waals surface area contributed by atoms with E-state index in [4.69, 9.17) is 9.15 Å². The summed E-state index contributed by atoms with van der Waals surface area (Å²) in [6.45, 7) is 1.86. The number of fused-ring (bicyclic) bond motifs is 1. The molecule has 1 N–H and O–H groups in total. The molecule has 1 saturated carbocycles. The number of halogens is 4. The maximum Gasteiger partial charge on any atom is 0.419 e. The van der Waals surface area contributed by atoms with Crippen molar-refractivity contribution < 1.29 is 22.3 Å². The highest BCUT2D eigenvalue weighted by Crippen LogP contribution is 2.60. The van der Waals surface area contributed by atoms with Gasteiger partial charge in [-0.15, -0.1) is 22.6 Å². The van der Waals surface area contributed by atoms with Gasteiger partial charge in [0.15, 0.2) is 17.3 Å². The molecule has 2 aromatic heterocycles. The highest BCUT2D eigenvalue weighted by Gasteiger charge is 2.61. The fraction of sp³-hybridized carbons (Fsp3) is 0.522. The van der Waals surface area contributed by atoms with Crippen molar-refractivity contribution in [2.24, 2.45) is 13.0 Å². The van der Waals surface area contributed by atoms with Crippen molar-refractivity contribution in [2.45, 2.75) is 55.5 Å². The van der Waals surface area contributed by atoms with Gasteiger partial charge in [0.05, 0.1) is 18.4 Å². The molecule has 3 unspecified atom stereocenters. The van der Waals surface area contributed by atoms with Gasteiger partial charge in [-0.05, 0) is 56.2 Å². The van der Waals surface area contributed by atoms with Gasteiger partial charge in [0.2, 0.25) is 5.82 Å². The molecule has 1 aromatic carbocycles. The summed E-state index contributed by atoms with van der Waals surface area (Å²) in [6, 6.07) is 4.75. The first-order valence-electron chi connectivity index (χ1n) is 11.2. The number of hydrogen-bond acceptors (Lipinski definition) is 7. The first-order valence-corrected chi connectivity index (χ1v) is 12.2. The smallest absolute Gasteiger partial charge is 0.419 e. The Morgan fingerprint density at radius 2 is 2.11 bits per heavy atom. The van der Waals surface area contributed by atoms with E-state index in [1.165, 1.54) is 25.6 Å². The maximum atomic E-state index is 13.5. The summed E-state index contributed by atoms with van der Waals surface area (Å²) in [5.41, 5.74) is 0.429. The molecule has 0 radical (unpaired) electrons. The number of ether oxygens (including phenoxy) is 1. The number of piperidine rings is 1. The molecule has 3 heterocycles. The van der Waals surface area contributed by atoms with Gasteiger partial charge in [0.1, 0.15) is 5.75 Å². The topological polar surface area (TPSA) is 78.0 Å². The average molecular weight is 530 g/mol. The molecule has 0 amide bonds. The predicted octanol–water partition coefficient (Wildman–Crippen LogP) is 5.38. The molecule has 1 saturated heterocycles. The van der Waals surface area contributed by atoms with E-state index in [1.807, 2.05) is 18.5 Å². The lowest BCUT2D eigenvalue weighted by Gasteiger charge is -2.22. The molecule has 1 aliphatic heterocycles. The largest absolute Gasteiger partial charge is 0.496 e. The lowest BCUT2D eigenvalue weighted by Crippen LogP contribution is -2.33. The summed E-state index contributed by atoms with van der Waals surface area (Å²) in [7, 11) is 3.17. The molecule has 2 fully saturated rings. The van der Waals surface area contributed by atoms with Gasteiger partial charge in [-0.25, -0.2) is 4.98 Å². The summed E-state index contributed by atoms with van der Waals surface area (Å²) >= 11 is 1.63. The minimum atomic E-state index is -4.44. The van der Waals surface area contributed by atoms with Crippen molar-refractivity contribution in [3.05, 3.63) is 41.4 Å². The van der Waals surface area contributed by atoms with Crippen LogP contribution in [0, 0.1) is 12.8 Å². The van der Waals surface area contributed by atoms with E-state index in [0.717, 1.165) is 42.3 Å². The van der Waals surface area contributed by atoms with Crippen molar-refractivity contribution in [2.75, 3.05) is 12.9 Å². The third-order valence-electron chi connectivity index (χ3n) is 6.87. The fourth-order valence-electron chi connectivity index (χ4n) is 5.04. The molecule has 12 heteroatoms. The molecule has 3 aromatic rings. The van der Waals surface area contributed by atoms with Gasteiger partial charge in [0.25, 0.3) is 0 Å². The van der Waals surface area contributed by atoms with E-state index in [0.29, 0.717) is 29.1 Å². The Morgan fingerprint density at radius 3 is 2.80 bits per heavy atom. The van der Waals surface area contributed by atoms with Crippen LogP contribution in [0.15, 0.2) is 34.2 Å². The standard InChI is InChI=1S/C23H26F3N5O2S.ClH/c1-13-19(33-12-27-13)20-29-30-21(31(20)2)34-8-4-5-16-9-15-11-22(15,28-16)14-6-7-18(32-3)17(10-14)23(24,25)26;/h6-7,10,12,15-16,28H,4-5,8-9,11H2,1-3H3;1H. The number of alkyl halides is 3. The lowest BCUT2D eigenvalue weighted by molar-refractivity contribution is -0.138. The molecule has 35 heavy (non-hydrogen) atoms. The molecule has 2 aliphatic rings. The second-order valence-electron chi connectivity index (χ2n) is 8.98. The molecule has 1 aliphatic carbocycles. The fourth-order valence-corrected chi connectivity index (χ4v) is 5.91. The second kappa shape index (κ2) is 9.67. The van der Waals surface area contributed by atoms with Crippen LogP contribution in [0.5, 0.6) is 5.75 Å². The van der Waals surface area contributed by atoms with Crippen LogP contribution >= 0.6 is 24.2 Å². The average Bonchev–Trinajstić information content (AvgIpc) is 3.09. The zero-order valence-corrected chi connectivity index (χ0v) is 21.2. The minimum absolute atomic E-state index is 0. The van der Waals surface area contributed by atoms with Crippen molar-refractivity contribution in [3.63, 3.8) is 0 Å². The Kier molecular flexibility index (Phi) is 7.14. The van der Waals surface area contributed by atoms with Gasteiger partial charge < -0.3 is 19.0 Å². The summed E-state index contributed by atoms with van der Waals surface area (Å²) in [6.07, 6.45) is 0.740. The number of aryl methyl sites for hydroxylation is 1. The van der Waals surface area contributed by atoms with Crippen LogP contribution in [0.4, 0.5) is 13.2 Å². The van der Waals surface area contributed by atoms with Gasteiger partial charge in [0, 0.05) is 24.4 Å². The van der Waals surface area contributed by atoms with E-state index in [9.17, 15) is 13.2 Å². The third-order valence-corrected chi connectivity index (χ3v) is 7.97. The van der Waals surface area contributed by atoms with E-state index in [1.54, 1.807) is 17.8 Å². The van der Waals surface area contributed by atoms with Crippen molar-refractivity contribution in [3.8, 4) is 17.3 Å². The summed E-state index contributed by atoms with van der Waals surface area (Å²) in [5, 5.41) is 12.9. The monoisotopic (exact) mass is 529 g/mol. The number of thioether (sulfide) groups is 1. The molecule has 0 spiro atoms. The van der Waals surface area contributed by atoms with Gasteiger partial charge in [-0.3, -0.25) is 0 Å². The van der Waals surface area contributed by atoms with E-state index >= 15 is 0 Å². The summed E-state index contributed by atoms with van der Waals surface area (Å²) in [5.74, 6) is 2.38. The van der Waals surface area contributed by atoms with E-state index in [2.05, 4.69) is 20.5 Å². The number of nitrogens with one attached hydrogen (secondary N) is 1. The number of aromatic nitrogens is 4. The maximum absolute atomic E-state index is 13.5. The molecule has 0 bridgehead atoms. The van der Waals surface area contributed by atoms with Crippen molar-refractivity contribution in [1.82, 2.24) is 25.1 Å². The predicted molar refractivity (Wildman–Crippen MR) is 128 cm³/mol. The van der Waals surface area contributed by atoms with Crippen LogP contribution in [0.1, 0.15) is 42.5 Å². The Hall–Kier alpha value is -2.24. The first-order chi connectivity index (χ1) is 16.2. The SMILES string of the molecule is COc1ccc(C23CC2CC(CCCSc2nnc(-c4ocnc4C)n2C)N3)cc1C(F)(F)F.Cl. The molecule has 190 valence electrons. The third kappa shape index (κ3) is 4.77. The zero-order chi connectivity index (χ0) is 24.1. The van der Waals surface area contributed by atoms with Crippen LogP contribution in [0.25, 0.3) is 11.6 Å². The Balaban J connectivity index is 0.00000289. The number of hydrogen-bond donors (Lipinski definition) is 1. The quantitative estimate of drug-likeness (QED) is 0.310. The number of rotatable bonds is 8. The molecule has 3 atom stereocenters. The highest BCUT2D eigenvalue weighted by molar-refractivity contribution is 7.99. The molecular weight excluding hydrogens is 503 g/mol. The van der Waals surface area contributed by atoms with E-state index in [-0.39, 0.29) is 23.7 Å². The second-order valence-corrected chi connectivity index (χ2v) is 10.0. The van der Waals surface area contributed by atoms with Crippen LogP contribution < -0.4 is 10.1 Å². The molecule has 5 rings (SSSR count). The van der Waals surface area contributed by atoms with E-state index < -0.39 is 11.7 Å². The Labute approximate surface area is 211 Å². The van der Waals surface area contributed by atoms with Crippen molar-refractivity contribution >= 4 is 24.2 Å². The van der Waals surface area contributed by atoms with Crippen LogP contribution in [0.3, 0.4) is 0 Å². The number of methoxy groups -OCH3 is 1. The van der Waals surface area contributed by atoms with Crippen molar-refractivity contribution in [1.29, 1.82) is 0 Å². The first kappa shape index (κ1) is 25.8. The van der Waals surface area contributed by atoms with Crippen LogP contribution in [0.2, 0.25) is 0 Å². The Morgan fingerprint density at radius 1 is 1.31 bits per heavy atom. The number of oxazole rings is 1. The highest BCUT2D eigenvalue weighted by atomic mass is 35.5. The minimum Gasteiger partial charge on any atom is -0.496 e. The van der Waals surface area contributed by atoms with Crippen LogP contribution in [-0.4, -0.2) is 38.7 Å². The zero-order valence-electron chi connectivity index (χ0n) is 19.6. The summed E-state index contributed by atoms with van der Waals surface area (Å²) < 4.78 is 52.7. The Bertz CT molecular complexity index is 1200. The van der Waals surface area contributed by atoms with Gasteiger partial charge >= 0.3 is 6.18 Å². The normalized spacial score (nSPS) is 23.1. The number of nitrogens with zero attached hydrogens (tertiary/aromatic N) is 4. The number of benzene rings is 1. The molecule has 7 nitrogen and oxygen atoms in total. The van der Waals surface area contributed by atoms with Gasteiger partial charge in [-0.1, -0.05) is 17.8 Å². The van der Waals surface area contributed by atoms with Gasteiger partial charge in [-0.2, -0.15) is 13.2 Å². The summed E-state index contributed by atoms with van der Waals surface area (Å²) in [4.78, 5) is 4.10. The lowest BCUT2D eigenvalue weighted by atomic mass is 10.00.